The Morgan fingerprint density at radius 2 is 2.06 bits per heavy atom. The number of esters is 1. The molecule has 0 spiro atoms. The molecule has 0 fully saturated rings. The first-order chi connectivity index (χ1) is 7.76. The summed E-state index contributed by atoms with van der Waals surface area (Å²) in [6.07, 6.45) is 1.67. The topological polar surface area (TPSA) is 48.4 Å². The molecule has 0 radical (unpaired) electrons. The molecule has 0 aliphatic heterocycles. The van der Waals surface area contributed by atoms with Gasteiger partial charge in [-0.25, -0.2) is 9.78 Å². The quantitative estimate of drug-likeness (QED) is 0.722. The number of carbonyl (C=O) groups is 1. The summed E-state index contributed by atoms with van der Waals surface area (Å²) in [5.41, 5.74) is 0.487. The first-order valence-corrected chi connectivity index (χ1v) is 4.77. The van der Waals surface area contributed by atoms with Crippen LogP contribution in [0.25, 0.3) is 10.8 Å². The van der Waals surface area contributed by atoms with Crippen LogP contribution in [0.1, 0.15) is 10.4 Å². The molecule has 2 aromatic rings. The minimum atomic E-state index is -0.368. The maximum atomic E-state index is 11.4. The normalized spacial score (nSPS) is 10.1. The van der Waals surface area contributed by atoms with Gasteiger partial charge >= 0.3 is 5.97 Å². The summed E-state index contributed by atoms with van der Waals surface area (Å²) in [7, 11) is 2.90. The van der Waals surface area contributed by atoms with Crippen molar-refractivity contribution < 1.29 is 14.3 Å². The van der Waals surface area contributed by atoms with Crippen molar-refractivity contribution in [2.24, 2.45) is 0 Å². The Balaban J connectivity index is 2.63. The monoisotopic (exact) mass is 217 g/mol. The molecular formula is C12H11NO3. The van der Waals surface area contributed by atoms with E-state index in [9.17, 15) is 4.79 Å². The van der Waals surface area contributed by atoms with Crippen molar-refractivity contribution in [1.82, 2.24) is 4.98 Å². The molecule has 4 heteroatoms. The van der Waals surface area contributed by atoms with Crippen molar-refractivity contribution in [3.05, 3.63) is 36.0 Å². The largest absolute Gasteiger partial charge is 0.481 e. The van der Waals surface area contributed by atoms with Gasteiger partial charge in [0.05, 0.1) is 19.8 Å². The molecule has 0 bridgehead atoms. The number of rotatable bonds is 2. The lowest BCUT2D eigenvalue weighted by Gasteiger charge is -2.05. The zero-order chi connectivity index (χ0) is 11.5. The van der Waals surface area contributed by atoms with Gasteiger partial charge in [0, 0.05) is 11.6 Å². The molecular weight excluding hydrogens is 206 g/mol. The number of ether oxygens (including phenoxy) is 2. The van der Waals surface area contributed by atoms with E-state index in [0.717, 1.165) is 10.8 Å². The number of hydrogen-bond acceptors (Lipinski definition) is 4. The van der Waals surface area contributed by atoms with Gasteiger partial charge in [-0.05, 0) is 23.6 Å². The molecule has 0 saturated carbocycles. The Bertz CT molecular complexity index is 537. The van der Waals surface area contributed by atoms with Crippen LogP contribution in [0.3, 0.4) is 0 Å². The van der Waals surface area contributed by atoms with E-state index in [4.69, 9.17) is 4.74 Å². The van der Waals surface area contributed by atoms with Crippen LogP contribution >= 0.6 is 0 Å². The second kappa shape index (κ2) is 4.18. The number of methoxy groups -OCH3 is 2. The van der Waals surface area contributed by atoms with Gasteiger partial charge in [-0.15, -0.1) is 0 Å². The van der Waals surface area contributed by atoms with Crippen LogP contribution in [-0.2, 0) is 4.74 Å². The van der Waals surface area contributed by atoms with Gasteiger partial charge in [0.15, 0.2) is 0 Å². The number of nitrogens with zero attached hydrogens (tertiary/aromatic N) is 1. The van der Waals surface area contributed by atoms with E-state index < -0.39 is 0 Å². The first-order valence-electron chi connectivity index (χ1n) is 4.77. The molecule has 1 aromatic carbocycles. The summed E-state index contributed by atoms with van der Waals surface area (Å²) in [5, 5.41) is 1.77. The van der Waals surface area contributed by atoms with Gasteiger partial charge in [0.2, 0.25) is 5.88 Å². The Kier molecular flexibility index (Phi) is 2.72. The van der Waals surface area contributed by atoms with E-state index in [0.29, 0.717) is 11.4 Å². The second-order valence-electron chi connectivity index (χ2n) is 3.25. The average molecular weight is 217 g/mol. The molecule has 0 N–H and O–H groups in total. The van der Waals surface area contributed by atoms with Crippen LogP contribution in [0.5, 0.6) is 5.88 Å². The number of benzene rings is 1. The van der Waals surface area contributed by atoms with Crippen LogP contribution in [0.15, 0.2) is 30.5 Å². The zero-order valence-electron chi connectivity index (χ0n) is 9.06. The highest BCUT2D eigenvalue weighted by molar-refractivity contribution is 5.96. The summed E-state index contributed by atoms with van der Waals surface area (Å²) in [5.74, 6) is 0.135. The van der Waals surface area contributed by atoms with Gasteiger partial charge in [-0.2, -0.15) is 0 Å². The number of pyridine rings is 1. The van der Waals surface area contributed by atoms with Gasteiger partial charge in [-0.1, -0.05) is 6.07 Å². The third-order valence-electron chi connectivity index (χ3n) is 2.34. The van der Waals surface area contributed by atoms with Crippen molar-refractivity contribution in [3.8, 4) is 5.88 Å². The van der Waals surface area contributed by atoms with E-state index in [-0.39, 0.29) is 5.97 Å². The maximum absolute atomic E-state index is 11.4. The van der Waals surface area contributed by atoms with E-state index in [1.54, 1.807) is 25.4 Å². The molecule has 1 heterocycles. The third kappa shape index (κ3) is 1.69. The molecule has 0 amide bonds. The molecule has 0 aliphatic carbocycles. The fourth-order valence-electron chi connectivity index (χ4n) is 1.55. The van der Waals surface area contributed by atoms with Gasteiger partial charge in [0.25, 0.3) is 0 Å². The van der Waals surface area contributed by atoms with Crippen molar-refractivity contribution in [1.29, 1.82) is 0 Å². The smallest absolute Gasteiger partial charge is 0.337 e. The molecule has 0 unspecified atom stereocenters. The van der Waals surface area contributed by atoms with E-state index in [1.165, 1.54) is 7.11 Å². The Hall–Kier alpha value is -2.10. The molecule has 4 nitrogen and oxygen atoms in total. The number of hydrogen-bond donors (Lipinski definition) is 0. The summed E-state index contributed by atoms with van der Waals surface area (Å²) < 4.78 is 9.79. The zero-order valence-corrected chi connectivity index (χ0v) is 9.06. The molecule has 0 saturated heterocycles. The number of fused-ring (bicyclic) bond motifs is 1. The summed E-state index contributed by atoms with van der Waals surface area (Å²) in [4.78, 5) is 15.5. The van der Waals surface area contributed by atoms with Gasteiger partial charge in [-0.3, -0.25) is 0 Å². The molecule has 1 aromatic heterocycles. The predicted molar refractivity (Wildman–Crippen MR) is 59.6 cm³/mol. The van der Waals surface area contributed by atoms with E-state index in [1.807, 2.05) is 12.1 Å². The van der Waals surface area contributed by atoms with Crippen LogP contribution in [0, 0.1) is 0 Å². The summed E-state index contributed by atoms with van der Waals surface area (Å²) in [6, 6.07) is 7.13. The van der Waals surface area contributed by atoms with Crippen LogP contribution in [0.2, 0.25) is 0 Å². The van der Waals surface area contributed by atoms with Crippen molar-refractivity contribution >= 4 is 16.7 Å². The van der Waals surface area contributed by atoms with Gasteiger partial charge < -0.3 is 9.47 Å². The lowest BCUT2D eigenvalue weighted by atomic mass is 10.1. The van der Waals surface area contributed by atoms with Crippen LogP contribution in [-0.4, -0.2) is 25.2 Å². The average Bonchev–Trinajstić information content (AvgIpc) is 2.36. The highest BCUT2D eigenvalue weighted by Gasteiger charge is 2.08. The molecule has 0 aliphatic rings. The van der Waals surface area contributed by atoms with E-state index >= 15 is 0 Å². The highest BCUT2D eigenvalue weighted by Crippen LogP contribution is 2.24. The standard InChI is InChI=1S/C12H11NO3/c1-15-11-10-7-9(12(14)16-2)4-3-8(10)5-6-13-11/h3-7H,1-2H3. The minimum absolute atomic E-state index is 0.368. The Morgan fingerprint density at radius 1 is 1.25 bits per heavy atom. The maximum Gasteiger partial charge on any atom is 0.337 e. The predicted octanol–water partition coefficient (Wildman–Crippen LogP) is 2.03. The van der Waals surface area contributed by atoms with Gasteiger partial charge in [0.1, 0.15) is 0 Å². The number of carbonyl (C=O) groups excluding carboxylic acids is 1. The Morgan fingerprint density at radius 3 is 2.75 bits per heavy atom. The minimum Gasteiger partial charge on any atom is -0.481 e. The summed E-state index contributed by atoms with van der Waals surface area (Å²) in [6.45, 7) is 0. The highest BCUT2D eigenvalue weighted by atomic mass is 16.5. The molecule has 16 heavy (non-hydrogen) atoms. The van der Waals surface area contributed by atoms with E-state index in [2.05, 4.69) is 9.72 Å². The lowest BCUT2D eigenvalue weighted by molar-refractivity contribution is 0.0601. The molecule has 0 atom stereocenters. The third-order valence-corrected chi connectivity index (χ3v) is 2.34. The fraction of sp³-hybridized carbons (Fsp3) is 0.167. The molecule has 82 valence electrons. The Labute approximate surface area is 92.8 Å². The lowest BCUT2D eigenvalue weighted by Crippen LogP contribution is -2.01. The number of aromatic nitrogens is 1. The van der Waals surface area contributed by atoms with Crippen molar-refractivity contribution in [2.45, 2.75) is 0 Å². The molecule has 2 rings (SSSR count). The fourth-order valence-corrected chi connectivity index (χ4v) is 1.55. The second-order valence-corrected chi connectivity index (χ2v) is 3.25. The van der Waals surface area contributed by atoms with Crippen molar-refractivity contribution in [3.63, 3.8) is 0 Å². The first kappa shape index (κ1) is 10.4. The van der Waals surface area contributed by atoms with Crippen LogP contribution < -0.4 is 4.74 Å². The van der Waals surface area contributed by atoms with Crippen molar-refractivity contribution in [2.75, 3.05) is 14.2 Å². The van der Waals surface area contributed by atoms with Crippen LogP contribution in [0.4, 0.5) is 0 Å². The SMILES string of the molecule is COC(=O)c1ccc2ccnc(OC)c2c1. The summed E-state index contributed by atoms with van der Waals surface area (Å²) >= 11 is 0.